The molecule has 1 aliphatic carbocycles. The SMILES string of the molecule is Cl.Fc1ccc(CN(CC2CCCNC2)C2CC2)cc1. The summed E-state index contributed by atoms with van der Waals surface area (Å²) in [6.07, 6.45) is 5.32. The molecule has 1 aromatic rings. The largest absolute Gasteiger partial charge is 0.316 e. The van der Waals surface area contributed by atoms with Crippen LogP contribution in [0, 0.1) is 11.7 Å². The van der Waals surface area contributed by atoms with Gasteiger partial charge in [-0.05, 0) is 62.4 Å². The first-order valence-electron chi connectivity index (χ1n) is 7.50. The highest BCUT2D eigenvalue weighted by Crippen LogP contribution is 2.30. The van der Waals surface area contributed by atoms with Gasteiger partial charge < -0.3 is 5.32 Å². The molecule has 1 unspecified atom stereocenters. The summed E-state index contributed by atoms with van der Waals surface area (Å²) in [5, 5.41) is 3.49. The minimum absolute atomic E-state index is 0. The number of hydrogen-bond acceptors (Lipinski definition) is 2. The summed E-state index contributed by atoms with van der Waals surface area (Å²) in [4.78, 5) is 2.60. The number of nitrogens with zero attached hydrogens (tertiary/aromatic N) is 1. The summed E-state index contributed by atoms with van der Waals surface area (Å²) in [7, 11) is 0. The van der Waals surface area contributed by atoms with E-state index in [9.17, 15) is 4.39 Å². The lowest BCUT2D eigenvalue weighted by molar-refractivity contribution is 0.192. The normalized spacial score (nSPS) is 22.6. The molecule has 1 heterocycles. The molecule has 1 saturated heterocycles. The van der Waals surface area contributed by atoms with Crippen LogP contribution in [-0.4, -0.2) is 30.6 Å². The smallest absolute Gasteiger partial charge is 0.123 e. The van der Waals surface area contributed by atoms with Gasteiger partial charge in [0.1, 0.15) is 5.82 Å². The van der Waals surface area contributed by atoms with Crippen molar-refractivity contribution in [3.05, 3.63) is 35.6 Å². The maximum absolute atomic E-state index is 12.9. The van der Waals surface area contributed by atoms with E-state index in [-0.39, 0.29) is 18.2 Å². The van der Waals surface area contributed by atoms with Gasteiger partial charge in [0.25, 0.3) is 0 Å². The minimum atomic E-state index is -0.141. The molecule has 2 aliphatic rings. The quantitative estimate of drug-likeness (QED) is 0.898. The van der Waals surface area contributed by atoms with Crippen LogP contribution in [0.3, 0.4) is 0 Å². The summed E-state index contributed by atoms with van der Waals surface area (Å²) >= 11 is 0. The summed E-state index contributed by atoms with van der Waals surface area (Å²) in [5.41, 5.74) is 1.23. The molecule has 20 heavy (non-hydrogen) atoms. The van der Waals surface area contributed by atoms with Crippen LogP contribution in [0.2, 0.25) is 0 Å². The second kappa shape index (κ2) is 7.39. The highest BCUT2D eigenvalue weighted by Gasteiger charge is 2.30. The van der Waals surface area contributed by atoms with Crippen LogP contribution in [0.5, 0.6) is 0 Å². The first kappa shape index (κ1) is 15.7. The molecule has 112 valence electrons. The molecule has 0 aromatic heterocycles. The lowest BCUT2D eigenvalue weighted by Crippen LogP contribution is -2.39. The van der Waals surface area contributed by atoms with E-state index in [0.29, 0.717) is 0 Å². The average Bonchev–Trinajstić information content (AvgIpc) is 3.26. The number of piperidine rings is 1. The Morgan fingerprint density at radius 3 is 2.50 bits per heavy atom. The molecule has 1 aromatic carbocycles. The molecule has 0 amide bonds. The molecular formula is C16H24ClFN2. The van der Waals surface area contributed by atoms with E-state index in [1.165, 1.54) is 44.3 Å². The highest BCUT2D eigenvalue weighted by molar-refractivity contribution is 5.85. The summed E-state index contributed by atoms with van der Waals surface area (Å²) in [6, 6.07) is 7.76. The van der Waals surface area contributed by atoms with Gasteiger partial charge in [0.05, 0.1) is 0 Å². The molecule has 2 nitrogen and oxygen atoms in total. The van der Waals surface area contributed by atoms with Gasteiger partial charge in [-0.3, -0.25) is 4.90 Å². The van der Waals surface area contributed by atoms with Crippen molar-refractivity contribution in [1.29, 1.82) is 0 Å². The third kappa shape index (κ3) is 4.44. The molecule has 0 spiro atoms. The Kier molecular flexibility index (Phi) is 5.82. The van der Waals surface area contributed by atoms with E-state index in [4.69, 9.17) is 0 Å². The van der Waals surface area contributed by atoms with Gasteiger partial charge in [-0.1, -0.05) is 12.1 Å². The van der Waals surface area contributed by atoms with Gasteiger partial charge in [0, 0.05) is 19.1 Å². The number of hydrogen-bond donors (Lipinski definition) is 1. The van der Waals surface area contributed by atoms with Gasteiger partial charge in [-0.15, -0.1) is 12.4 Å². The van der Waals surface area contributed by atoms with E-state index in [1.807, 2.05) is 12.1 Å². The molecule has 0 radical (unpaired) electrons. The Hall–Kier alpha value is -0.640. The van der Waals surface area contributed by atoms with E-state index >= 15 is 0 Å². The van der Waals surface area contributed by atoms with E-state index < -0.39 is 0 Å². The summed E-state index contributed by atoms with van der Waals surface area (Å²) < 4.78 is 12.9. The van der Waals surface area contributed by atoms with Crippen LogP contribution < -0.4 is 5.32 Å². The number of nitrogens with one attached hydrogen (secondary N) is 1. The summed E-state index contributed by atoms with van der Waals surface area (Å²) in [6.45, 7) is 4.50. The topological polar surface area (TPSA) is 15.3 Å². The third-order valence-electron chi connectivity index (χ3n) is 4.25. The lowest BCUT2D eigenvalue weighted by Gasteiger charge is -2.30. The van der Waals surface area contributed by atoms with Crippen LogP contribution in [0.25, 0.3) is 0 Å². The zero-order chi connectivity index (χ0) is 13.1. The van der Waals surface area contributed by atoms with Crippen LogP contribution in [0.1, 0.15) is 31.2 Å². The highest BCUT2D eigenvalue weighted by atomic mass is 35.5. The third-order valence-corrected chi connectivity index (χ3v) is 4.25. The van der Waals surface area contributed by atoms with Crippen molar-refractivity contribution in [3.8, 4) is 0 Å². The molecule has 3 rings (SSSR count). The second-order valence-corrected chi connectivity index (χ2v) is 6.00. The Morgan fingerprint density at radius 2 is 1.90 bits per heavy atom. The molecule has 4 heteroatoms. The van der Waals surface area contributed by atoms with Gasteiger partial charge in [0.2, 0.25) is 0 Å². The van der Waals surface area contributed by atoms with Gasteiger partial charge in [-0.25, -0.2) is 4.39 Å². The Labute approximate surface area is 127 Å². The number of benzene rings is 1. The van der Waals surface area contributed by atoms with Crippen LogP contribution in [0.15, 0.2) is 24.3 Å². The van der Waals surface area contributed by atoms with Crippen molar-refractivity contribution in [3.63, 3.8) is 0 Å². The predicted molar refractivity (Wildman–Crippen MR) is 82.7 cm³/mol. The first-order chi connectivity index (χ1) is 9.31. The molecule has 1 aliphatic heterocycles. The second-order valence-electron chi connectivity index (χ2n) is 6.00. The maximum atomic E-state index is 12.9. The molecule has 1 saturated carbocycles. The van der Waals surface area contributed by atoms with Gasteiger partial charge in [-0.2, -0.15) is 0 Å². The predicted octanol–water partition coefficient (Wildman–Crippen LogP) is 3.21. The molecular weight excluding hydrogens is 275 g/mol. The van der Waals surface area contributed by atoms with E-state index in [2.05, 4.69) is 10.2 Å². The van der Waals surface area contributed by atoms with Crippen molar-refractivity contribution in [2.45, 2.75) is 38.3 Å². The fraction of sp³-hybridized carbons (Fsp3) is 0.625. The number of rotatable bonds is 5. The lowest BCUT2D eigenvalue weighted by atomic mass is 9.98. The van der Waals surface area contributed by atoms with Crippen molar-refractivity contribution >= 4 is 12.4 Å². The van der Waals surface area contributed by atoms with Gasteiger partial charge in [0.15, 0.2) is 0 Å². The Morgan fingerprint density at radius 1 is 1.15 bits per heavy atom. The van der Waals surface area contributed by atoms with Crippen molar-refractivity contribution < 1.29 is 4.39 Å². The van der Waals surface area contributed by atoms with Crippen LogP contribution >= 0.6 is 12.4 Å². The minimum Gasteiger partial charge on any atom is -0.316 e. The fourth-order valence-corrected chi connectivity index (χ4v) is 3.02. The van der Waals surface area contributed by atoms with Crippen molar-refractivity contribution in [1.82, 2.24) is 10.2 Å². The van der Waals surface area contributed by atoms with E-state index in [1.54, 1.807) is 12.1 Å². The Bertz CT molecular complexity index is 399. The zero-order valence-corrected chi connectivity index (χ0v) is 12.7. The summed E-state index contributed by atoms with van der Waals surface area (Å²) in [5.74, 6) is 0.646. The number of halogens is 2. The van der Waals surface area contributed by atoms with E-state index in [0.717, 1.165) is 25.0 Å². The maximum Gasteiger partial charge on any atom is 0.123 e. The fourth-order valence-electron chi connectivity index (χ4n) is 3.02. The van der Waals surface area contributed by atoms with Gasteiger partial charge >= 0.3 is 0 Å². The average molecular weight is 299 g/mol. The Balaban J connectivity index is 0.00000147. The molecule has 1 N–H and O–H groups in total. The monoisotopic (exact) mass is 298 g/mol. The van der Waals surface area contributed by atoms with Crippen molar-refractivity contribution in [2.75, 3.05) is 19.6 Å². The molecule has 0 bridgehead atoms. The van der Waals surface area contributed by atoms with Crippen LogP contribution in [0.4, 0.5) is 4.39 Å². The molecule has 2 fully saturated rings. The van der Waals surface area contributed by atoms with Crippen molar-refractivity contribution in [2.24, 2.45) is 5.92 Å². The standard InChI is InChI=1S/C16H23FN2.ClH/c17-15-5-3-13(4-6-15)11-19(16-7-8-16)12-14-2-1-9-18-10-14;/h3-6,14,16,18H,1-2,7-12H2;1H. The molecule has 1 atom stereocenters. The zero-order valence-electron chi connectivity index (χ0n) is 11.9. The van der Waals surface area contributed by atoms with Crippen LogP contribution in [-0.2, 0) is 6.54 Å². The first-order valence-corrected chi connectivity index (χ1v) is 7.50.